The zero-order chi connectivity index (χ0) is 20.6. The second-order valence-corrected chi connectivity index (χ2v) is 5.90. The maximum Gasteiger partial charge on any atom is 0.307 e. The van der Waals surface area contributed by atoms with Gasteiger partial charge in [0.05, 0.1) is 25.2 Å². The Balaban J connectivity index is 1.71. The van der Waals surface area contributed by atoms with Crippen LogP contribution in [0, 0.1) is 0 Å². The molecule has 0 spiro atoms. The molecule has 148 valence electrons. The van der Waals surface area contributed by atoms with Crippen LogP contribution in [0.2, 0.25) is 0 Å². The first-order valence-corrected chi connectivity index (χ1v) is 8.64. The van der Waals surface area contributed by atoms with Crippen molar-refractivity contribution >= 4 is 18.0 Å². The van der Waals surface area contributed by atoms with Crippen molar-refractivity contribution in [2.45, 2.75) is 6.61 Å². The van der Waals surface area contributed by atoms with Gasteiger partial charge >= 0.3 is 5.91 Å². The van der Waals surface area contributed by atoms with Crippen LogP contribution in [0.15, 0.2) is 70.4 Å². The summed E-state index contributed by atoms with van der Waals surface area (Å²) in [7, 11) is 1.55. The van der Waals surface area contributed by atoms with Gasteiger partial charge in [0.2, 0.25) is 0 Å². The SMILES string of the molecule is COc1ccc(/C=N/NC(=O)c2ccco2)cc1COc1ccccc1C(N)=O. The molecule has 0 aliphatic carbocycles. The van der Waals surface area contributed by atoms with Crippen LogP contribution >= 0.6 is 0 Å². The maximum absolute atomic E-state index is 11.8. The van der Waals surface area contributed by atoms with E-state index in [0.717, 1.165) is 5.56 Å². The zero-order valence-corrected chi connectivity index (χ0v) is 15.6. The van der Waals surface area contributed by atoms with Crippen molar-refractivity contribution in [3.8, 4) is 11.5 Å². The Hall–Kier alpha value is -4.07. The summed E-state index contributed by atoms with van der Waals surface area (Å²) in [5.41, 5.74) is 9.50. The van der Waals surface area contributed by atoms with E-state index >= 15 is 0 Å². The van der Waals surface area contributed by atoms with Crippen molar-refractivity contribution < 1.29 is 23.5 Å². The maximum atomic E-state index is 11.8. The summed E-state index contributed by atoms with van der Waals surface area (Å²) < 4.78 is 16.1. The van der Waals surface area contributed by atoms with E-state index in [1.165, 1.54) is 18.5 Å². The molecule has 3 N–H and O–H groups in total. The Kier molecular flexibility index (Phi) is 6.26. The molecular weight excluding hydrogens is 374 g/mol. The van der Waals surface area contributed by atoms with Gasteiger partial charge in [-0.3, -0.25) is 9.59 Å². The number of amides is 2. The van der Waals surface area contributed by atoms with Crippen LogP contribution in [0.3, 0.4) is 0 Å². The van der Waals surface area contributed by atoms with Gasteiger partial charge in [0.1, 0.15) is 18.1 Å². The van der Waals surface area contributed by atoms with Gasteiger partial charge in [-0.2, -0.15) is 5.10 Å². The van der Waals surface area contributed by atoms with Crippen molar-refractivity contribution in [2.75, 3.05) is 7.11 Å². The minimum Gasteiger partial charge on any atom is -0.496 e. The third-order valence-corrected chi connectivity index (χ3v) is 3.96. The van der Waals surface area contributed by atoms with Crippen LogP contribution in [0.4, 0.5) is 0 Å². The van der Waals surface area contributed by atoms with Crippen LogP contribution in [0.5, 0.6) is 11.5 Å². The number of furan rings is 1. The summed E-state index contributed by atoms with van der Waals surface area (Å²) in [4.78, 5) is 23.3. The molecule has 3 aromatic rings. The van der Waals surface area contributed by atoms with Gasteiger partial charge in [-0.05, 0) is 48.0 Å². The normalized spacial score (nSPS) is 10.7. The number of para-hydroxylation sites is 1. The highest BCUT2D eigenvalue weighted by Crippen LogP contribution is 2.23. The summed E-state index contributed by atoms with van der Waals surface area (Å²) in [6, 6.07) is 15.2. The van der Waals surface area contributed by atoms with Crippen molar-refractivity contribution in [2.24, 2.45) is 10.8 Å². The van der Waals surface area contributed by atoms with Gasteiger partial charge in [0.25, 0.3) is 5.91 Å². The quantitative estimate of drug-likeness (QED) is 0.451. The van der Waals surface area contributed by atoms with Gasteiger partial charge in [0, 0.05) is 5.56 Å². The number of hydrazone groups is 1. The third kappa shape index (κ3) is 5.01. The average Bonchev–Trinajstić information content (AvgIpc) is 3.27. The van der Waals surface area contributed by atoms with E-state index in [1.54, 1.807) is 55.6 Å². The largest absolute Gasteiger partial charge is 0.496 e. The smallest absolute Gasteiger partial charge is 0.307 e. The Morgan fingerprint density at radius 2 is 1.97 bits per heavy atom. The molecule has 2 aromatic carbocycles. The fourth-order valence-corrected chi connectivity index (χ4v) is 2.57. The number of methoxy groups -OCH3 is 1. The third-order valence-electron chi connectivity index (χ3n) is 3.96. The summed E-state index contributed by atoms with van der Waals surface area (Å²) in [5.74, 6) is 0.136. The predicted molar refractivity (Wildman–Crippen MR) is 106 cm³/mol. The van der Waals surface area contributed by atoms with E-state index in [-0.39, 0.29) is 12.4 Å². The topological polar surface area (TPSA) is 116 Å². The standard InChI is InChI=1S/C21H19N3O5/c1-27-17-9-8-14(12-23-24-21(26)19-7-4-10-28-19)11-15(17)13-29-18-6-3-2-5-16(18)20(22)25/h2-12H,13H2,1H3,(H2,22,25)(H,24,26)/b23-12+. The van der Waals surface area contributed by atoms with Crippen LogP contribution in [-0.4, -0.2) is 25.1 Å². The molecule has 0 aliphatic rings. The number of hydrogen-bond acceptors (Lipinski definition) is 6. The minimum absolute atomic E-state index is 0.147. The molecule has 2 amide bonds. The molecule has 0 atom stereocenters. The first kappa shape index (κ1) is 19.7. The Labute approximate surface area is 166 Å². The summed E-state index contributed by atoms with van der Waals surface area (Å²) in [6.45, 7) is 0.147. The Morgan fingerprint density at radius 3 is 2.69 bits per heavy atom. The van der Waals surface area contributed by atoms with Crippen molar-refractivity contribution in [3.05, 3.63) is 83.3 Å². The molecular formula is C21H19N3O5. The highest BCUT2D eigenvalue weighted by atomic mass is 16.5. The average molecular weight is 393 g/mol. The fourth-order valence-electron chi connectivity index (χ4n) is 2.57. The first-order chi connectivity index (χ1) is 14.1. The van der Waals surface area contributed by atoms with E-state index in [0.29, 0.717) is 22.6 Å². The van der Waals surface area contributed by atoms with Crippen molar-refractivity contribution in [1.82, 2.24) is 5.43 Å². The number of hydrogen-bond donors (Lipinski definition) is 2. The lowest BCUT2D eigenvalue weighted by atomic mass is 10.1. The number of carbonyl (C=O) groups is 2. The zero-order valence-electron chi connectivity index (χ0n) is 15.6. The lowest BCUT2D eigenvalue weighted by Crippen LogP contribution is -2.16. The van der Waals surface area contributed by atoms with E-state index in [4.69, 9.17) is 19.6 Å². The molecule has 1 heterocycles. The second kappa shape index (κ2) is 9.23. The van der Waals surface area contributed by atoms with Gasteiger partial charge in [0.15, 0.2) is 5.76 Å². The molecule has 3 rings (SSSR count). The highest BCUT2D eigenvalue weighted by molar-refractivity contribution is 5.95. The van der Waals surface area contributed by atoms with Crippen LogP contribution < -0.4 is 20.6 Å². The molecule has 8 heteroatoms. The summed E-state index contributed by atoms with van der Waals surface area (Å²) in [6.07, 6.45) is 2.89. The molecule has 29 heavy (non-hydrogen) atoms. The van der Waals surface area contributed by atoms with E-state index in [2.05, 4.69) is 10.5 Å². The van der Waals surface area contributed by atoms with Crippen LogP contribution in [-0.2, 0) is 6.61 Å². The van der Waals surface area contributed by atoms with E-state index in [1.807, 2.05) is 0 Å². The number of rotatable bonds is 8. The molecule has 1 aromatic heterocycles. The highest BCUT2D eigenvalue weighted by Gasteiger charge is 2.11. The van der Waals surface area contributed by atoms with E-state index < -0.39 is 11.8 Å². The van der Waals surface area contributed by atoms with E-state index in [9.17, 15) is 9.59 Å². The minimum atomic E-state index is -0.569. The number of ether oxygens (including phenoxy) is 2. The predicted octanol–water partition coefficient (Wildman–Crippen LogP) is 2.73. The Morgan fingerprint density at radius 1 is 1.14 bits per heavy atom. The molecule has 0 saturated heterocycles. The van der Waals surface area contributed by atoms with Crippen LogP contribution in [0.25, 0.3) is 0 Å². The fraction of sp³-hybridized carbons (Fsp3) is 0.0952. The number of nitrogens with zero attached hydrogens (tertiary/aromatic N) is 1. The van der Waals surface area contributed by atoms with Gasteiger partial charge in [-0.15, -0.1) is 0 Å². The number of nitrogens with two attached hydrogens (primary N) is 1. The lowest BCUT2D eigenvalue weighted by Gasteiger charge is -2.12. The van der Waals surface area contributed by atoms with Gasteiger partial charge in [-0.1, -0.05) is 12.1 Å². The molecule has 0 bridgehead atoms. The molecule has 0 aliphatic heterocycles. The number of benzene rings is 2. The van der Waals surface area contributed by atoms with Crippen molar-refractivity contribution in [1.29, 1.82) is 0 Å². The summed E-state index contributed by atoms with van der Waals surface area (Å²) >= 11 is 0. The monoisotopic (exact) mass is 393 g/mol. The number of carbonyl (C=O) groups excluding carboxylic acids is 2. The first-order valence-electron chi connectivity index (χ1n) is 8.64. The molecule has 0 radical (unpaired) electrons. The summed E-state index contributed by atoms with van der Waals surface area (Å²) in [5, 5.41) is 3.92. The van der Waals surface area contributed by atoms with Gasteiger partial charge < -0.3 is 19.6 Å². The molecule has 0 fully saturated rings. The lowest BCUT2D eigenvalue weighted by molar-refractivity contribution is 0.0926. The Bertz CT molecular complexity index is 1030. The number of primary amides is 1. The van der Waals surface area contributed by atoms with Gasteiger partial charge in [-0.25, -0.2) is 5.43 Å². The molecule has 8 nitrogen and oxygen atoms in total. The molecule has 0 saturated carbocycles. The van der Waals surface area contributed by atoms with Crippen LogP contribution in [0.1, 0.15) is 32.0 Å². The van der Waals surface area contributed by atoms with Crippen molar-refractivity contribution in [3.63, 3.8) is 0 Å². The molecule has 0 unspecified atom stereocenters. The number of nitrogens with one attached hydrogen (secondary N) is 1. The second-order valence-electron chi connectivity index (χ2n) is 5.90.